The molecule has 184 valence electrons. The Morgan fingerprint density at radius 3 is 2.58 bits per heavy atom. The molecule has 0 bridgehead atoms. The first kappa shape index (κ1) is 23.2. The van der Waals surface area contributed by atoms with Crippen molar-refractivity contribution in [3.05, 3.63) is 43.2 Å². The second kappa shape index (κ2) is 8.60. The second-order valence-corrected chi connectivity index (χ2v) is 9.65. The third kappa shape index (κ3) is 4.19. The number of imidazole rings is 1. The summed E-state index contributed by atoms with van der Waals surface area (Å²) in [5.41, 5.74) is 1.56. The van der Waals surface area contributed by atoms with Crippen molar-refractivity contribution < 1.29 is 14.3 Å². The Labute approximate surface area is 207 Å². The summed E-state index contributed by atoms with van der Waals surface area (Å²) in [5.74, 6) is 0.623. The van der Waals surface area contributed by atoms with E-state index in [2.05, 4.69) is 26.1 Å². The molecule has 0 radical (unpaired) electrons. The van der Waals surface area contributed by atoms with Gasteiger partial charge in [0.1, 0.15) is 22.6 Å². The van der Waals surface area contributed by atoms with Gasteiger partial charge in [0.15, 0.2) is 0 Å². The molecule has 36 heavy (non-hydrogen) atoms. The van der Waals surface area contributed by atoms with Crippen molar-refractivity contribution in [3.8, 4) is 34.7 Å². The molecule has 1 saturated heterocycles. The van der Waals surface area contributed by atoms with Crippen molar-refractivity contribution in [2.24, 2.45) is 0 Å². The Bertz CT molecular complexity index is 1450. The van der Waals surface area contributed by atoms with Crippen LogP contribution in [-0.4, -0.2) is 70.9 Å². The summed E-state index contributed by atoms with van der Waals surface area (Å²) in [6.07, 6.45) is 10.1. The van der Waals surface area contributed by atoms with Crippen LogP contribution in [-0.2, 0) is 10.3 Å². The van der Waals surface area contributed by atoms with Crippen molar-refractivity contribution in [1.29, 1.82) is 5.26 Å². The molecule has 1 fully saturated rings. The molecule has 12 nitrogen and oxygen atoms in total. The van der Waals surface area contributed by atoms with Crippen LogP contribution in [0.2, 0.25) is 0 Å². The molecule has 4 aromatic rings. The lowest BCUT2D eigenvalue weighted by Crippen LogP contribution is -2.64. The summed E-state index contributed by atoms with van der Waals surface area (Å²) in [6, 6.07) is 4.35. The molecule has 1 aliphatic rings. The number of fused-ring (bicyclic) bond motifs is 1. The maximum atomic E-state index is 12.5. The molecule has 5 heterocycles. The molecule has 0 unspecified atom stereocenters. The molecule has 0 atom stereocenters. The standard InChI is InChI=1S/C24H25N9O3/c1-23(2,3)36-22(34)31-14-24(15-31,5-6-25)33-13-17(12-29-33)20-30-18(9-19-26-7-8-32(19)20)16-10-27-21(35-4)28-11-16/h7-13H,5,14-15H2,1-4H3. The fourth-order valence-electron chi connectivity index (χ4n) is 4.13. The topological polar surface area (TPSA) is 136 Å². The van der Waals surface area contributed by atoms with Gasteiger partial charge in [-0.15, -0.1) is 0 Å². The van der Waals surface area contributed by atoms with Gasteiger partial charge in [-0.05, 0) is 20.8 Å². The van der Waals surface area contributed by atoms with Crippen molar-refractivity contribution in [2.75, 3.05) is 20.2 Å². The molecule has 0 saturated carbocycles. The zero-order chi connectivity index (χ0) is 25.5. The van der Waals surface area contributed by atoms with Gasteiger partial charge in [0.25, 0.3) is 0 Å². The van der Waals surface area contributed by atoms with Crippen molar-refractivity contribution in [2.45, 2.75) is 38.3 Å². The molecule has 0 aliphatic carbocycles. The van der Waals surface area contributed by atoms with Gasteiger partial charge in [-0.1, -0.05) is 0 Å². The number of carbonyl (C=O) groups is 1. The summed E-state index contributed by atoms with van der Waals surface area (Å²) in [6.45, 7) is 6.12. The van der Waals surface area contributed by atoms with Crippen LogP contribution < -0.4 is 4.74 Å². The maximum Gasteiger partial charge on any atom is 0.410 e. The number of carbonyl (C=O) groups excluding carboxylic acids is 1. The van der Waals surface area contributed by atoms with E-state index >= 15 is 0 Å². The number of likely N-dealkylation sites (tertiary alicyclic amines) is 1. The number of ether oxygens (including phenoxy) is 2. The van der Waals surface area contributed by atoms with Crippen LogP contribution in [0.3, 0.4) is 0 Å². The fourth-order valence-corrected chi connectivity index (χ4v) is 4.13. The minimum absolute atomic E-state index is 0.199. The van der Waals surface area contributed by atoms with Gasteiger partial charge in [0.2, 0.25) is 0 Å². The number of methoxy groups -OCH3 is 1. The highest BCUT2D eigenvalue weighted by molar-refractivity contribution is 5.70. The predicted molar refractivity (Wildman–Crippen MR) is 128 cm³/mol. The van der Waals surface area contributed by atoms with Crippen LogP contribution in [0.4, 0.5) is 4.79 Å². The summed E-state index contributed by atoms with van der Waals surface area (Å²) in [4.78, 5) is 31.7. The lowest BCUT2D eigenvalue weighted by molar-refractivity contribution is -0.0314. The SMILES string of the molecule is COc1ncc(-c2cc3nccn3c(-c3cnn(C4(CC#N)CN(C(=O)OC(C)(C)C)C4)c3)n2)cn1. The highest BCUT2D eigenvalue weighted by Gasteiger charge is 2.48. The highest BCUT2D eigenvalue weighted by Crippen LogP contribution is 2.34. The number of hydrogen-bond donors (Lipinski definition) is 0. The van der Waals surface area contributed by atoms with Crippen LogP contribution in [0.25, 0.3) is 28.3 Å². The fraction of sp³-hybridized carbons (Fsp3) is 0.375. The largest absolute Gasteiger partial charge is 0.467 e. The highest BCUT2D eigenvalue weighted by atomic mass is 16.6. The average Bonchev–Trinajstić information content (AvgIpc) is 3.49. The average molecular weight is 488 g/mol. The molecule has 0 N–H and O–H groups in total. The Morgan fingerprint density at radius 1 is 1.17 bits per heavy atom. The Kier molecular flexibility index (Phi) is 5.55. The summed E-state index contributed by atoms with van der Waals surface area (Å²) in [7, 11) is 1.51. The second-order valence-electron chi connectivity index (χ2n) is 9.65. The maximum absolute atomic E-state index is 12.5. The summed E-state index contributed by atoms with van der Waals surface area (Å²) in [5, 5.41) is 14.1. The quantitative estimate of drug-likeness (QED) is 0.416. The van der Waals surface area contributed by atoms with Crippen LogP contribution in [0.5, 0.6) is 6.01 Å². The molecule has 4 aromatic heterocycles. The van der Waals surface area contributed by atoms with Gasteiger partial charge in [0.05, 0.1) is 50.1 Å². The Hall–Kier alpha value is -4.53. The van der Waals surface area contributed by atoms with Gasteiger partial charge in [-0.25, -0.2) is 24.7 Å². The Balaban J connectivity index is 1.47. The van der Waals surface area contributed by atoms with Gasteiger partial charge < -0.3 is 14.4 Å². The molecular weight excluding hydrogens is 462 g/mol. The minimum Gasteiger partial charge on any atom is -0.467 e. The Morgan fingerprint density at radius 2 is 1.92 bits per heavy atom. The van der Waals surface area contributed by atoms with Gasteiger partial charge in [-0.2, -0.15) is 10.4 Å². The number of rotatable bonds is 5. The van der Waals surface area contributed by atoms with Crippen LogP contribution in [0.1, 0.15) is 27.2 Å². The van der Waals surface area contributed by atoms with Gasteiger partial charge in [0, 0.05) is 42.6 Å². The molecule has 1 amide bonds. The van der Waals surface area contributed by atoms with Crippen molar-refractivity contribution >= 4 is 11.7 Å². The first-order valence-corrected chi connectivity index (χ1v) is 11.3. The molecular formula is C24H25N9O3. The molecule has 0 aromatic carbocycles. The van der Waals surface area contributed by atoms with Crippen molar-refractivity contribution in [1.82, 2.24) is 39.0 Å². The van der Waals surface area contributed by atoms with Crippen LogP contribution in [0.15, 0.2) is 43.2 Å². The first-order valence-electron chi connectivity index (χ1n) is 11.3. The number of hydrogen-bond acceptors (Lipinski definition) is 9. The van der Waals surface area contributed by atoms with Crippen LogP contribution in [0, 0.1) is 11.3 Å². The predicted octanol–water partition coefficient (Wildman–Crippen LogP) is 2.92. The normalized spacial score (nSPS) is 14.8. The van der Waals surface area contributed by atoms with Crippen molar-refractivity contribution in [3.63, 3.8) is 0 Å². The lowest BCUT2D eigenvalue weighted by Gasteiger charge is -2.48. The van der Waals surface area contributed by atoms with Gasteiger partial charge >= 0.3 is 12.1 Å². The summed E-state index contributed by atoms with van der Waals surface area (Å²) >= 11 is 0. The number of aromatic nitrogens is 7. The van der Waals surface area contributed by atoms with E-state index < -0.39 is 17.2 Å². The van der Waals surface area contributed by atoms with E-state index in [1.54, 1.807) is 34.4 Å². The van der Waals surface area contributed by atoms with E-state index in [0.29, 0.717) is 35.8 Å². The van der Waals surface area contributed by atoms with E-state index in [1.165, 1.54) is 7.11 Å². The molecule has 5 rings (SSSR count). The molecule has 1 aliphatic heterocycles. The van der Waals surface area contributed by atoms with E-state index in [4.69, 9.17) is 14.5 Å². The van der Waals surface area contributed by atoms with Gasteiger partial charge in [-0.3, -0.25) is 9.08 Å². The van der Waals surface area contributed by atoms with Crippen LogP contribution >= 0.6 is 0 Å². The third-order valence-electron chi connectivity index (χ3n) is 5.85. The van der Waals surface area contributed by atoms with E-state index in [0.717, 1.165) is 5.56 Å². The molecule has 0 spiro atoms. The van der Waals surface area contributed by atoms with E-state index in [-0.39, 0.29) is 12.4 Å². The molecule has 12 heteroatoms. The number of amides is 1. The van der Waals surface area contributed by atoms with E-state index in [9.17, 15) is 10.1 Å². The monoisotopic (exact) mass is 487 g/mol. The minimum atomic E-state index is -0.639. The first-order chi connectivity index (χ1) is 17.2. The smallest absolute Gasteiger partial charge is 0.410 e. The lowest BCUT2D eigenvalue weighted by atomic mass is 9.87. The number of nitriles is 1. The van der Waals surface area contributed by atoms with E-state index in [1.807, 2.05) is 43.6 Å². The zero-order valence-electron chi connectivity index (χ0n) is 20.4. The third-order valence-corrected chi connectivity index (χ3v) is 5.85. The summed E-state index contributed by atoms with van der Waals surface area (Å²) < 4.78 is 14.1. The number of nitrogens with zero attached hydrogens (tertiary/aromatic N) is 9. The zero-order valence-corrected chi connectivity index (χ0v) is 20.4.